The Balaban J connectivity index is 1.33. The van der Waals surface area contributed by atoms with Gasteiger partial charge in [-0.25, -0.2) is 13.8 Å². The molecule has 2 aromatic heterocycles. The Hall–Kier alpha value is -3.57. The Labute approximate surface area is 254 Å². The molecule has 0 bridgehead atoms. The van der Waals surface area contributed by atoms with Gasteiger partial charge in [-0.3, -0.25) is 14.0 Å². The summed E-state index contributed by atoms with van der Waals surface area (Å²) in [5.74, 6) is -0.232. The summed E-state index contributed by atoms with van der Waals surface area (Å²) < 4.78 is 37.1. The molecule has 2 aromatic carbocycles. The molecule has 4 aromatic rings. The van der Waals surface area contributed by atoms with Crippen molar-refractivity contribution in [3.63, 3.8) is 0 Å². The first-order chi connectivity index (χ1) is 20.7. The second-order valence-corrected chi connectivity index (χ2v) is 12.2. The van der Waals surface area contributed by atoms with Gasteiger partial charge >= 0.3 is 0 Å². The van der Waals surface area contributed by atoms with Crippen molar-refractivity contribution in [1.29, 1.82) is 0 Å². The van der Waals surface area contributed by atoms with Gasteiger partial charge in [0.05, 0.1) is 34.6 Å². The number of ether oxygens (including phenoxy) is 1. The Morgan fingerprint density at radius 1 is 1.23 bits per heavy atom. The van der Waals surface area contributed by atoms with Crippen LogP contribution in [0.25, 0.3) is 26.4 Å². The van der Waals surface area contributed by atoms with E-state index < -0.39 is 12.0 Å². The number of aromatic nitrogens is 2. The van der Waals surface area contributed by atoms with Gasteiger partial charge in [0, 0.05) is 51.4 Å². The van der Waals surface area contributed by atoms with E-state index in [1.165, 1.54) is 31.4 Å². The van der Waals surface area contributed by atoms with Crippen LogP contribution >= 0.6 is 11.3 Å². The van der Waals surface area contributed by atoms with Crippen LogP contribution < -0.4 is 10.1 Å². The van der Waals surface area contributed by atoms with Gasteiger partial charge < -0.3 is 19.9 Å². The molecule has 5 rings (SSSR count). The topological polar surface area (TPSA) is 79.2 Å². The van der Waals surface area contributed by atoms with Gasteiger partial charge in [0.25, 0.3) is 5.91 Å². The SMILES string of the molecule is CCC[C@@H](c1ccc(-c2cn3c(n2)sc2cc(C(=O)NCCCN4CCC(F)CC4)c(OC)cc23)c(F)c1)N(C)C(C)=O. The highest BCUT2D eigenvalue weighted by Crippen LogP contribution is 2.35. The Morgan fingerprint density at radius 3 is 2.67 bits per heavy atom. The number of hydrogen-bond acceptors (Lipinski definition) is 6. The number of benzene rings is 2. The normalized spacial score (nSPS) is 15.2. The van der Waals surface area contributed by atoms with E-state index in [0.717, 1.165) is 54.7 Å². The highest BCUT2D eigenvalue weighted by atomic mass is 32.1. The van der Waals surface area contributed by atoms with Gasteiger partial charge in [0.1, 0.15) is 17.7 Å². The Kier molecular flexibility index (Phi) is 9.61. The van der Waals surface area contributed by atoms with Crippen LogP contribution in [-0.4, -0.2) is 77.5 Å². The molecule has 11 heteroatoms. The summed E-state index contributed by atoms with van der Waals surface area (Å²) in [4.78, 5) is 34.3. The monoisotopic (exact) mass is 611 g/mol. The Morgan fingerprint density at radius 2 is 2.00 bits per heavy atom. The standard InChI is InChI=1S/C32H39F2N5O3S/c1-5-7-27(37(3)20(2)40)21-8-9-23(25(34)16-21)26-19-39-28-18-29(42-4)24(17-30(28)43-32(39)36-26)31(41)35-12-6-13-38-14-10-22(33)11-15-38/h8-9,16-19,22,27H,5-7,10-15H2,1-4H3,(H,35,41)/t27-/m0/s1. The zero-order valence-corrected chi connectivity index (χ0v) is 26.0. The molecule has 1 saturated heterocycles. The molecule has 1 fully saturated rings. The predicted octanol–water partition coefficient (Wildman–Crippen LogP) is 6.24. The molecule has 230 valence electrons. The van der Waals surface area contributed by atoms with Crippen molar-refractivity contribution in [2.75, 3.05) is 40.3 Å². The summed E-state index contributed by atoms with van der Waals surface area (Å²) in [6.07, 6.45) is 4.65. The summed E-state index contributed by atoms with van der Waals surface area (Å²) in [7, 11) is 3.27. The molecule has 0 radical (unpaired) electrons. The largest absolute Gasteiger partial charge is 0.496 e. The fourth-order valence-corrected chi connectivity index (χ4v) is 6.78. The summed E-state index contributed by atoms with van der Waals surface area (Å²) in [6, 6.07) is 8.52. The number of carbonyl (C=O) groups is 2. The lowest BCUT2D eigenvalue weighted by Crippen LogP contribution is -2.36. The molecule has 0 aliphatic carbocycles. The average Bonchev–Trinajstić information content (AvgIpc) is 3.55. The first-order valence-corrected chi connectivity index (χ1v) is 15.7. The molecular weight excluding hydrogens is 572 g/mol. The number of halogens is 2. The number of amides is 2. The van der Waals surface area contributed by atoms with Crippen molar-refractivity contribution in [2.24, 2.45) is 0 Å². The molecule has 1 atom stereocenters. The minimum atomic E-state index is -0.692. The fourth-order valence-electron chi connectivity index (χ4n) is 5.75. The van der Waals surface area contributed by atoms with Crippen molar-refractivity contribution >= 4 is 38.3 Å². The number of hydrogen-bond donors (Lipinski definition) is 1. The number of alkyl halides is 1. The number of piperidine rings is 1. The lowest BCUT2D eigenvalue weighted by molar-refractivity contribution is -0.129. The Bertz CT molecular complexity index is 1610. The smallest absolute Gasteiger partial charge is 0.255 e. The maximum absolute atomic E-state index is 15.4. The van der Waals surface area contributed by atoms with E-state index >= 15 is 4.39 Å². The number of imidazole rings is 1. The van der Waals surface area contributed by atoms with Crippen molar-refractivity contribution in [3.05, 3.63) is 53.5 Å². The minimum absolute atomic E-state index is 0.0634. The van der Waals surface area contributed by atoms with Crippen LogP contribution in [0.15, 0.2) is 36.5 Å². The van der Waals surface area contributed by atoms with Gasteiger partial charge in [-0.2, -0.15) is 0 Å². The second kappa shape index (κ2) is 13.4. The summed E-state index contributed by atoms with van der Waals surface area (Å²) >= 11 is 1.42. The van der Waals surface area contributed by atoms with Crippen LogP contribution in [0, 0.1) is 5.82 Å². The molecule has 1 N–H and O–H groups in total. The summed E-state index contributed by atoms with van der Waals surface area (Å²) in [6.45, 7) is 6.42. The van der Waals surface area contributed by atoms with Gasteiger partial charge in [-0.05, 0) is 56.0 Å². The zero-order chi connectivity index (χ0) is 30.7. The van der Waals surface area contributed by atoms with Crippen molar-refractivity contribution in [1.82, 2.24) is 24.5 Å². The lowest BCUT2D eigenvalue weighted by atomic mass is 9.98. The van der Waals surface area contributed by atoms with Crippen LogP contribution in [0.5, 0.6) is 5.75 Å². The van der Waals surface area contributed by atoms with Gasteiger partial charge in [0.15, 0.2) is 4.96 Å². The lowest BCUT2D eigenvalue weighted by Gasteiger charge is -2.28. The van der Waals surface area contributed by atoms with E-state index in [2.05, 4.69) is 10.2 Å². The molecule has 8 nitrogen and oxygen atoms in total. The number of carbonyl (C=O) groups excluding carboxylic acids is 2. The fraction of sp³-hybridized carbons (Fsp3) is 0.469. The molecule has 43 heavy (non-hydrogen) atoms. The van der Waals surface area contributed by atoms with E-state index in [1.54, 1.807) is 24.2 Å². The van der Waals surface area contributed by atoms with Crippen molar-refractivity contribution < 1.29 is 23.1 Å². The van der Waals surface area contributed by atoms with Gasteiger partial charge in [-0.1, -0.05) is 30.7 Å². The quantitative estimate of drug-likeness (QED) is 0.203. The number of rotatable bonds is 11. The van der Waals surface area contributed by atoms with Crippen molar-refractivity contribution in [2.45, 2.75) is 58.2 Å². The molecule has 1 aliphatic heterocycles. The number of nitrogens with zero attached hydrogens (tertiary/aromatic N) is 4. The first kappa shape index (κ1) is 30.9. The van der Waals surface area contributed by atoms with Crippen LogP contribution in [-0.2, 0) is 4.79 Å². The van der Waals surface area contributed by atoms with Gasteiger partial charge in [0.2, 0.25) is 5.91 Å². The molecule has 3 heterocycles. The van der Waals surface area contributed by atoms with E-state index in [-0.39, 0.29) is 17.9 Å². The minimum Gasteiger partial charge on any atom is -0.496 e. The molecule has 1 aliphatic rings. The second-order valence-electron chi connectivity index (χ2n) is 11.2. The third-order valence-corrected chi connectivity index (χ3v) is 9.31. The highest BCUT2D eigenvalue weighted by Gasteiger charge is 2.22. The molecule has 0 spiro atoms. The molecular formula is C32H39F2N5O3S. The summed E-state index contributed by atoms with van der Waals surface area (Å²) in [5.41, 5.74) is 2.89. The third-order valence-electron chi connectivity index (χ3n) is 8.29. The van der Waals surface area contributed by atoms with E-state index in [4.69, 9.17) is 9.72 Å². The van der Waals surface area contributed by atoms with Crippen molar-refractivity contribution in [3.8, 4) is 17.0 Å². The maximum atomic E-state index is 15.4. The van der Waals surface area contributed by atoms with Crippen LogP contribution in [0.4, 0.5) is 8.78 Å². The maximum Gasteiger partial charge on any atom is 0.255 e. The molecule has 2 amide bonds. The summed E-state index contributed by atoms with van der Waals surface area (Å²) in [5, 5.41) is 2.98. The molecule has 0 saturated carbocycles. The average molecular weight is 612 g/mol. The number of fused-ring (bicyclic) bond motifs is 3. The van der Waals surface area contributed by atoms with E-state index in [0.29, 0.717) is 46.9 Å². The molecule has 0 unspecified atom stereocenters. The number of nitrogens with one attached hydrogen (secondary N) is 1. The number of likely N-dealkylation sites (tertiary alicyclic amines) is 1. The predicted molar refractivity (Wildman–Crippen MR) is 166 cm³/mol. The highest BCUT2D eigenvalue weighted by molar-refractivity contribution is 7.23. The van der Waals surface area contributed by atoms with Crippen LogP contribution in [0.1, 0.15) is 67.9 Å². The van der Waals surface area contributed by atoms with Gasteiger partial charge in [-0.15, -0.1) is 0 Å². The zero-order valence-electron chi connectivity index (χ0n) is 25.2. The number of methoxy groups -OCH3 is 1. The first-order valence-electron chi connectivity index (χ1n) is 14.9. The van der Waals surface area contributed by atoms with Crippen LogP contribution in [0.2, 0.25) is 0 Å². The third kappa shape index (κ3) is 6.67. The van der Waals surface area contributed by atoms with Crippen LogP contribution in [0.3, 0.4) is 0 Å². The van der Waals surface area contributed by atoms with E-state index in [1.807, 2.05) is 29.5 Å². The van der Waals surface area contributed by atoms with E-state index in [9.17, 15) is 14.0 Å². The number of thiazole rings is 1.